The summed E-state index contributed by atoms with van der Waals surface area (Å²) in [6.45, 7) is 7.92. The molecule has 2 aliphatic rings. The zero-order valence-electron chi connectivity index (χ0n) is 27.7. The SMILES string of the molecule is CO[C@H]1C(OC(C)(C)C)[C@@H](COC(=O)OCc2ccccc2)O[C@H]1CCCNC(=O)CCCCO[C@@H]1O[C@H](CO)[C@H](O)[C@H](O)[C@H]1C. The van der Waals surface area contributed by atoms with E-state index in [0.717, 1.165) is 5.56 Å². The Hall–Kier alpha value is -2.36. The van der Waals surface area contributed by atoms with Gasteiger partial charge in [0.05, 0.1) is 24.4 Å². The van der Waals surface area contributed by atoms with E-state index in [1.165, 1.54) is 0 Å². The van der Waals surface area contributed by atoms with Crippen LogP contribution in [0.25, 0.3) is 0 Å². The topological polar surface area (TPSA) is 171 Å². The van der Waals surface area contributed by atoms with E-state index in [0.29, 0.717) is 45.3 Å². The summed E-state index contributed by atoms with van der Waals surface area (Å²) in [6.07, 6.45) is -3.64. The molecule has 2 heterocycles. The van der Waals surface area contributed by atoms with E-state index in [1.807, 2.05) is 51.1 Å². The molecule has 0 aromatic heterocycles. The Morgan fingerprint density at radius 2 is 1.67 bits per heavy atom. The fourth-order valence-electron chi connectivity index (χ4n) is 5.53. The van der Waals surface area contributed by atoms with E-state index in [1.54, 1.807) is 14.0 Å². The van der Waals surface area contributed by atoms with Crippen LogP contribution in [0, 0.1) is 5.92 Å². The molecule has 1 aromatic carbocycles. The first-order chi connectivity index (χ1) is 21.9. The maximum atomic E-state index is 12.4. The molecule has 4 N–H and O–H groups in total. The molecule has 0 spiro atoms. The van der Waals surface area contributed by atoms with Crippen molar-refractivity contribution in [3.63, 3.8) is 0 Å². The van der Waals surface area contributed by atoms with Gasteiger partial charge in [-0.05, 0) is 52.0 Å². The first-order valence-electron chi connectivity index (χ1n) is 16.1. The smallest absolute Gasteiger partial charge is 0.431 e. The van der Waals surface area contributed by atoms with Crippen LogP contribution >= 0.6 is 0 Å². The van der Waals surface area contributed by atoms with E-state index in [4.69, 9.17) is 33.2 Å². The largest absolute Gasteiger partial charge is 0.508 e. The van der Waals surface area contributed by atoms with Crippen molar-refractivity contribution < 1.29 is 58.1 Å². The Morgan fingerprint density at radius 1 is 0.935 bits per heavy atom. The Kier molecular flexibility index (Phi) is 15.6. The zero-order chi connectivity index (χ0) is 33.7. The Labute approximate surface area is 271 Å². The number of aliphatic hydroxyl groups is 3. The molecule has 0 saturated carbocycles. The summed E-state index contributed by atoms with van der Waals surface area (Å²) < 4.78 is 40.2. The highest BCUT2D eigenvalue weighted by Gasteiger charge is 2.47. The summed E-state index contributed by atoms with van der Waals surface area (Å²) in [7, 11) is 1.60. The number of hydrogen-bond acceptors (Lipinski definition) is 12. The highest BCUT2D eigenvalue weighted by atomic mass is 16.7. The summed E-state index contributed by atoms with van der Waals surface area (Å²) in [6, 6.07) is 9.33. The monoisotopic (exact) mass is 655 g/mol. The van der Waals surface area contributed by atoms with Crippen LogP contribution in [-0.2, 0) is 44.6 Å². The van der Waals surface area contributed by atoms with Gasteiger partial charge in [-0.25, -0.2) is 4.79 Å². The van der Waals surface area contributed by atoms with Gasteiger partial charge in [-0.3, -0.25) is 4.79 Å². The van der Waals surface area contributed by atoms with Crippen LogP contribution in [0.3, 0.4) is 0 Å². The lowest BCUT2D eigenvalue weighted by Crippen LogP contribution is -2.55. The molecule has 0 aliphatic carbocycles. The first-order valence-corrected chi connectivity index (χ1v) is 16.1. The molecule has 3 rings (SSSR count). The number of ether oxygens (including phenoxy) is 7. The van der Waals surface area contributed by atoms with Crippen LogP contribution in [-0.4, -0.2) is 115 Å². The molecule has 262 valence electrons. The standard InChI is InChI=1S/C33H53NO12/c1-21-27(37)28(38)24(18-35)45-31(21)41-17-10-9-15-26(36)34-16-11-14-23-29(40-5)30(46-33(2,3)4)25(44-23)20-43-32(39)42-19-22-12-7-6-8-13-22/h6-8,12-13,21,23-25,27-31,35,37-38H,9-11,14-20H2,1-5H3,(H,34,36)/t21-,23+,24-,25-,27-,28+,29-,30?,31-/m1/s1. The van der Waals surface area contributed by atoms with E-state index < -0.39 is 67.2 Å². The van der Waals surface area contributed by atoms with Crippen molar-refractivity contribution in [2.45, 2.75) is 121 Å². The lowest BCUT2D eigenvalue weighted by atomic mass is 9.92. The van der Waals surface area contributed by atoms with Crippen molar-refractivity contribution >= 4 is 12.1 Å². The molecule has 13 heteroatoms. The highest BCUT2D eigenvalue weighted by molar-refractivity contribution is 5.75. The molecule has 2 aliphatic heterocycles. The van der Waals surface area contributed by atoms with Gasteiger partial charge in [0.25, 0.3) is 0 Å². The second kappa shape index (κ2) is 18.8. The molecule has 1 unspecified atom stereocenters. The molecule has 46 heavy (non-hydrogen) atoms. The van der Waals surface area contributed by atoms with E-state index >= 15 is 0 Å². The Morgan fingerprint density at radius 3 is 2.35 bits per heavy atom. The number of amides is 1. The molecule has 0 radical (unpaired) electrons. The molecular formula is C33H53NO12. The minimum absolute atomic E-state index is 0.0541. The number of rotatable bonds is 17. The second-order valence-corrected chi connectivity index (χ2v) is 12.8. The quantitative estimate of drug-likeness (QED) is 0.143. The number of nitrogens with one attached hydrogen (secondary N) is 1. The average Bonchev–Trinajstić information content (AvgIpc) is 3.35. The fourth-order valence-corrected chi connectivity index (χ4v) is 5.53. The van der Waals surface area contributed by atoms with Gasteiger partial charge in [0.2, 0.25) is 5.91 Å². The van der Waals surface area contributed by atoms with Crippen molar-refractivity contribution in [1.29, 1.82) is 0 Å². The molecule has 0 bridgehead atoms. The molecule has 2 saturated heterocycles. The first kappa shape index (κ1) is 38.1. The van der Waals surface area contributed by atoms with Gasteiger partial charge in [-0.1, -0.05) is 37.3 Å². The minimum Gasteiger partial charge on any atom is -0.431 e. The Balaban J connectivity index is 1.36. The van der Waals surface area contributed by atoms with Gasteiger partial charge in [-0.2, -0.15) is 0 Å². The number of benzene rings is 1. The molecular weight excluding hydrogens is 602 g/mol. The summed E-state index contributed by atoms with van der Waals surface area (Å²) in [5.74, 6) is -0.534. The molecule has 2 fully saturated rings. The van der Waals surface area contributed by atoms with Crippen LogP contribution in [0.5, 0.6) is 0 Å². The van der Waals surface area contributed by atoms with Crippen LogP contribution in [0.4, 0.5) is 4.79 Å². The Bertz CT molecular complexity index is 1040. The normalized spacial score (nSPS) is 29.8. The van der Waals surface area contributed by atoms with Gasteiger partial charge >= 0.3 is 6.16 Å². The number of carbonyl (C=O) groups is 2. The number of unbranched alkanes of at least 4 members (excludes halogenated alkanes) is 1. The third-order valence-corrected chi connectivity index (χ3v) is 7.99. The van der Waals surface area contributed by atoms with Gasteiger partial charge in [0.1, 0.15) is 43.7 Å². The van der Waals surface area contributed by atoms with Crippen LogP contribution in [0.2, 0.25) is 0 Å². The number of methoxy groups -OCH3 is 1. The second-order valence-electron chi connectivity index (χ2n) is 12.8. The lowest BCUT2D eigenvalue weighted by Gasteiger charge is -2.40. The van der Waals surface area contributed by atoms with Crippen molar-refractivity contribution in [3.8, 4) is 0 Å². The number of aliphatic hydroxyl groups excluding tert-OH is 3. The average molecular weight is 656 g/mol. The number of hydrogen-bond donors (Lipinski definition) is 4. The van der Waals surface area contributed by atoms with Gasteiger partial charge < -0.3 is 53.8 Å². The summed E-state index contributed by atoms with van der Waals surface area (Å²) in [5, 5.41) is 32.4. The van der Waals surface area contributed by atoms with Crippen molar-refractivity contribution in [3.05, 3.63) is 35.9 Å². The number of carbonyl (C=O) groups excluding carboxylic acids is 2. The van der Waals surface area contributed by atoms with Gasteiger partial charge in [0.15, 0.2) is 6.29 Å². The van der Waals surface area contributed by atoms with Gasteiger partial charge in [0, 0.05) is 32.6 Å². The van der Waals surface area contributed by atoms with E-state index in [9.17, 15) is 24.9 Å². The molecule has 13 nitrogen and oxygen atoms in total. The van der Waals surface area contributed by atoms with Crippen LogP contribution in [0.1, 0.15) is 65.4 Å². The predicted octanol–water partition coefficient (Wildman–Crippen LogP) is 2.46. The predicted molar refractivity (Wildman–Crippen MR) is 166 cm³/mol. The van der Waals surface area contributed by atoms with E-state index in [-0.39, 0.29) is 25.2 Å². The van der Waals surface area contributed by atoms with Gasteiger partial charge in [-0.15, -0.1) is 0 Å². The molecule has 9 atom stereocenters. The summed E-state index contributed by atoms with van der Waals surface area (Å²) in [4.78, 5) is 24.7. The molecule has 1 amide bonds. The van der Waals surface area contributed by atoms with Crippen molar-refractivity contribution in [1.82, 2.24) is 5.32 Å². The summed E-state index contributed by atoms with van der Waals surface area (Å²) in [5.41, 5.74) is 0.366. The van der Waals surface area contributed by atoms with Crippen molar-refractivity contribution in [2.75, 3.05) is 33.5 Å². The fraction of sp³-hybridized carbons (Fsp3) is 0.758. The highest BCUT2D eigenvalue weighted by Crippen LogP contribution is 2.32. The third kappa shape index (κ3) is 12.0. The molecule has 1 aromatic rings. The third-order valence-electron chi connectivity index (χ3n) is 7.99. The van der Waals surface area contributed by atoms with E-state index in [2.05, 4.69) is 5.32 Å². The van der Waals surface area contributed by atoms with Crippen LogP contribution in [0.15, 0.2) is 30.3 Å². The zero-order valence-corrected chi connectivity index (χ0v) is 27.7. The van der Waals surface area contributed by atoms with Crippen molar-refractivity contribution in [2.24, 2.45) is 5.92 Å². The summed E-state index contributed by atoms with van der Waals surface area (Å²) >= 11 is 0. The maximum Gasteiger partial charge on any atom is 0.508 e. The lowest BCUT2D eigenvalue weighted by molar-refractivity contribution is -0.282. The van der Waals surface area contributed by atoms with Crippen LogP contribution < -0.4 is 5.32 Å². The minimum atomic E-state index is -1.17. The maximum absolute atomic E-state index is 12.4.